The Morgan fingerprint density at radius 3 is 2.24 bits per heavy atom. The second-order valence-electron chi connectivity index (χ2n) is 5.51. The molecule has 126 valence electrons. The molecule has 0 bridgehead atoms. The number of carboxylic acids is 1. The summed E-state index contributed by atoms with van der Waals surface area (Å²) in [5.41, 5.74) is 0.994. The van der Waals surface area contributed by atoms with Crippen molar-refractivity contribution in [2.45, 2.75) is 12.8 Å². The van der Waals surface area contributed by atoms with E-state index in [-0.39, 0.29) is 35.8 Å². The van der Waals surface area contributed by atoms with Crippen molar-refractivity contribution in [3.63, 3.8) is 0 Å². The SMILES string of the molecule is O=C(O)c1cccc(NC(=O)c2cccc(N3C(=O)CCC3=O)c2)c1. The molecule has 1 saturated heterocycles. The van der Waals surface area contributed by atoms with E-state index in [1.54, 1.807) is 24.3 Å². The first-order valence-corrected chi connectivity index (χ1v) is 7.56. The van der Waals surface area contributed by atoms with Gasteiger partial charge in [0.05, 0.1) is 11.3 Å². The van der Waals surface area contributed by atoms with E-state index in [9.17, 15) is 19.2 Å². The number of carboxylic acid groups (broad SMARTS) is 1. The van der Waals surface area contributed by atoms with Crippen molar-refractivity contribution in [1.29, 1.82) is 0 Å². The molecule has 1 fully saturated rings. The fourth-order valence-electron chi connectivity index (χ4n) is 2.58. The predicted octanol–water partition coefficient (Wildman–Crippen LogP) is 2.29. The standard InChI is InChI=1S/C18H14N2O5/c21-15-7-8-16(22)20(15)14-6-2-3-11(10-14)17(23)19-13-5-1-4-12(9-13)18(24)25/h1-6,9-10H,7-8H2,(H,19,23)(H,24,25). The Morgan fingerprint density at radius 1 is 0.920 bits per heavy atom. The van der Waals surface area contributed by atoms with E-state index in [4.69, 9.17) is 5.11 Å². The highest BCUT2D eigenvalue weighted by atomic mass is 16.4. The smallest absolute Gasteiger partial charge is 0.335 e. The lowest BCUT2D eigenvalue weighted by molar-refractivity contribution is -0.121. The van der Waals surface area contributed by atoms with Crippen molar-refractivity contribution >= 4 is 35.1 Å². The van der Waals surface area contributed by atoms with Gasteiger partial charge in [-0.3, -0.25) is 19.3 Å². The molecular formula is C18H14N2O5. The number of benzene rings is 2. The van der Waals surface area contributed by atoms with Gasteiger partial charge in [-0.2, -0.15) is 0 Å². The van der Waals surface area contributed by atoms with E-state index in [0.717, 1.165) is 4.90 Å². The zero-order valence-corrected chi connectivity index (χ0v) is 13.1. The topological polar surface area (TPSA) is 104 Å². The molecule has 0 aliphatic carbocycles. The van der Waals surface area contributed by atoms with Crippen molar-refractivity contribution in [2.75, 3.05) is 10.2 Å². The van der Waals surface area contributed by atoms with Crippen LogP contribution in [0.5, 0.6) is 0 Å². The highest BCUT2D eigenvalue weighted by molar-refractivity contribution is 6.20. The first-order chi connectivity index (χ1) is 12.0. The summed E-state index contributed by atoms with van der Waals surface area (Å²) in [4.78, 5) is 48.0. The molecule has 0 radical (unpaired) electrons. The van der Waals surface area contributed by atoms with E-state index in [1.807, 2.05) is 0 Å². The van der Waals surface area contributed by atoms with E-state index >= 15 is 0 Å². The van der Waals surface area contributed by atoms with E-state index in [0.29, 0.717) is 11.4 Å². The van der Waals surface area contributed by atoms with Crippen LogP contribution in [0.15, 0.2) is 48.5 Å². The maximum Gasteiger partial charge on any atom is 0.335 e. The summed E-state index contributed by atoms with van der Waals surface area (Å²) in [6.45, 7) is 0. The molecule has 2 aromatic rings. The molecule has 0 saturated carbocycles. The van der Waals surface area contributed by atoms with Gasteiger partial charge in [0.25, 0.3) is 5.91 Å². The van der Waals surface area contributed by atoms with Gasteiger partial charge in [0.1, 0.15) is 0 Å². The van der Waals surface area contributed by atoms with Crippen molar-refractivity contribution in [3.8, 4) is 0 Å². The molecule has 7 nitrogen and oxygen atoms in total. The van der Waals surface area contributed by atoms with Gasteiger partial charge in [-0.15, -0.1) is 0 Å². The molecule has 0 unspecified atom stereocenters. The lowest BCUT2D eigenvalue weighted by Gasteiger charge is -2.15. The average Bonchev–Trinajstić information content (AvgIpc) is 2.94. The van der Waals surface area contributed by atoms with E-state index in [2.05, 4.69) is 5.32 Å². The molecule has 0 atom stereocenters. The largest absolute Gasteiger partial charge is 0.478 e. The molecule has 25 heavy (non-hydrogen) atoms. The van der Waals surface area contributed by atoms with Gasteiger partial charge in [-0.25, -0.2) is 4.79 Å². The van der Waals surface area contributed by atoms with Gasteiger partial charge in [-0.1, -0.05) is 12.1 Å². The zero-order chi connectivity index (χ0) is 18.0. The molecule has 7 heteroatoms. The summed E-state index contributed by atoms with van der Waals surface area (Å²) in [5.74, 6) is -2.15. The van der Waals surface area contributed by atoms with Gasteiger partial charge in [0.15, 0.2) is 0 Å². The summed E-state index contributed by atoms with van der Waals surface area (Å²) in [7, 11) is 0. The number of hydrogen-bond donors (Lipinski definition) is 2. The number of aromatic carboxylic acids is 1. The van der Waals surface area contributed by atoms with Crippen LogP contribution in [-0.2, 0) is 9.59 Å². The van der Waals surface area contributed by atoms with Crippen molar-refractivity contribution < 1.29 is 24.3 Å². The van der Waals surface area contributed by atoms with Gasteiger partial charge in [-0.05, 0) is 36.4 Å². The Bertz CT molecular complexity index is 875. The Labute approximate surface area is 142 Å². The molecule has 2 aromatic carbocycles. The Kier molecular flexibility index (Phi) is 4.30. The number of nitrogens with one attached hydrogen (secondary N) is 1. The van der Waals surface area contributed by atoms with Gasteiger partial charge >= 0.3 is 5.97 Å². The Morgan fingerprint density at radius 2 is 1.56 bits per heavy atom. The average molecular weight is 338 g/mol. The molecule has 1 aliphatic heterocycles. The summed E-state index contributed by atoms with van der Waals surface area (Å²) in [5, 5.41) is 11.6. The van der Waals surface area contributed by atoms with Crippen LogP contribution in [0.4, 0.5) is 11.4 Å². The quantitative estimate of drug-likeness (QED) is 0.833. The molecule has 0 spiro atoms. The fraction of sp³-hybridized carbons (Fsp3) is 0.111. The predicted molar refractivity (Wildman–Crippen MR) is 89.5 cm³/mol. The summed E-state index contributed by atoms with van der Waals surface area (Å²) in [6, 6.07) is 12.0. The Hall–Kier alpha value is -3.48. The van der Waals surface area contributed by atoms with Gasteiger partial charge in [0.2, 0.25) is 11.8 Å². The van der Waals surface area contributed by atoms with Crippen LogP contribution in [0.1, 0.15) is 33.6 Å². The molecule has 0 aromatic heterocycles. The monoisotopic (exact) mass is 338 g/mol. The zero-order valence-electron chi connectivity index (χ0n) is 13.1. The fourth-order valence-corrected chi connectivity index (χ4v) is 2.58. The minimum atomic E-state index is -1.09. The highest BCUT2D eigenvalue weighted by Gasteiger charge is 2.30. The van der Waals surface area contributed by atoms with Crippen LogP contribution in [0.2, 0.25) is 0 Å². The van der Waals surface area contributed by atoms with Crippen molar-refractivity contribution in [2.24, 2.45) is 0 Å². The van der Waals surface area contributed by atoms with Gasteiger partial charge in [0, 0.05) is 24.1 Å². The number of nitrogens with zero attached hydrogens (tertiary/aromatic N) is 1. The van der Waals surface area contributed by atoms with Crippen LogP contribution >= 0.6 is 0 Å². The minimum absolute atomic E-state index is 0.0554. The third kappa shape index (κ3) is 3.40. The Balaban J connectivity index is 1.82. The number of imide groups is 1. The van der Waals surface area contributed by atoms with Crippen molar-refractivity contribution in [3.05, 3.63) is 59.7 Å². The first kappa shape index (κ1) is 16.4. The van der Waals surface area contributed by atoms with Crippen LogP contribution in [0, 0.1) is 0 Å². The maximum atomic E-state index is 12.4. The highest BCUT2D eigenvalue weighted by Crippen LogP contribution is 2.24. The lowest BCUT2D eigenvalue weighted by atomic mass is 10.1. The third-order valence-corrected chi connectivity index (χ3v) is 3.79. The summed E-state index contributed by atoms with van der Waals surface area (Å²) in [6.07, 6.45) is 0.328. The summed E-state index contributed by atoms with van der Waals surface area (Å²) < 4.78 is 0. The minimum Gasteiger partial charge on any atom is -0.478 e. The molecule has 3 amide bonds. The number of carbonyl (C=O) groups is 4. The second-order valence-corrected chi connectivity index (χ2v) is 5.51. The number of rotatable bonds is 4. The van der Waals surface area contributed by atoms with Crippen LogP contribution in [0.3, 0.4) is 0 Å². The third-order valence-electron chi connectivity index (χ3n) is 3.79. The van der Waals surface area contributed by atoms with Crippen molar-refractivity contribution in [1.82, 2.24) is 0 Å². The molecule has 2 N–H and O–H groups in total. The number of carbonyl (C=O) groups excluding carboxylic acids is 3. The normalized spacial score (nSPS) is 13.8. The molecule has 1 aliphatic rings. The van der Waals surface area contributed by atoms with Crippen LogP contribution in [-0.4, -0.2) is 28.8 Å². The van der Waals surface area contributed by atoms with E-state index in [1.165, 1.54) is 24.3 Å². The first-order valence-electron chi connectivity index (χ1n) is 7.56. The number of anilines is 2. The molecule has 3 rings (SSSR count). The lowest BCUT2D eigenvalue weighted by Crippen LogP contribution is -2.28. The number of amides is 3. The number of hydrogen-bond acceptors (Lipinski definition) is 4. The maximum absolute atomic E-state index is 12.4. The summed E-state index contributed by atoms with van der Waals surface area (Å²) >= 11 is 0. The molecule has 1 heterocycles. The van der Waals surface area contributed by atoms with Gasteiger partial charge < -0.3 is 10.4 Å². The van der Waals surface area contributed by atoms with Crippen LogP contribution < -0.4 is 10.2 Å². The van der Waals surface area contributed by atoms with E-state index < -0.39 is 11.9 Å². The second kappa shape index (κ2) is 6.56. The molecular weight excluding hydrogens is 324 g/mol. The van der Waals surface area contributed by atoms with Crippen LogP contribution in [0.25, 0.3) is 0 Å².